The van der Waals surface area contributed by atoms with Crippen LogP contribution in [0.15, 0.2) is 85.2 Å². The summed E-state index contributed by atoms with van der Waals surface area (Å²) in [5, 5.41) is 15.8. The molecule has 8 nitrogen and oxygen atoms in total. The third-order valence-electron chi connectivity index (χ3n) is 6.47. The Morgan fingerprint density at radius 3 is 2.67 bits per heavy atom. The van der Waals surface area contributed by atoms with Crippen LogP contribution >= 0.6 is 0 Å². The fraction of sp³-hybridized carbons (Fsp3) is 0.0714. The van der Waals surface area contributed by atoms with Crippen LogP contribution in [0.2, 0.25) is 0 Å². The first kappa shape index (κ1) is 20.4. The first-order valence-electron chi connectivity index (χ1n) is 11.4. The summed E-state index contributed by atoms with van der Waals surface area (Å²) in [5.41, 5.74) is 4.88. The van der Waals surface area contributed by atoms with Crippen molar-refractivity contribution in [2.45, 2.75) is 5.92 Å². The lowest BCUT2D eigenvalue weighted by Crippen LogP contribution is -2.15. The quantitative estimate of drug-likeness (QED) is 0.370. The highest BCUT2D eigenvalue weighted by molar-refractivity contribution is 5.81. The van der Waals surface area contributed by atoms with Crippen LogP contribution in [0.4, 0.5) is 0 Å². The molecule has 1 atom stereocenters. The SMILES string of the molecule is COc1ccc(C2c3ccc(O)cc3Oc3ncn4nc(-c5ccc6ccccc6n5)nc4c32)cc1. The van der Waals surface area contributed by atoms with Crippen molar-refractivity contribution in [3.63, 3.8) is 0 Å². The highest BCUT2D eigenvalue weighted by atomic mass is 16.5. The Bertz CT molecular complexity index is 1780. The molecule has 6 aromatic rings. The second-order valence-electron chi connectivity index (χ2n) is 8.59. The van der Waals surface area contributed by atoms with Crippen molar-refractivity contribution < 1.29 is 14.6 Å². The number of ether oxygens (including phenoxy) is 2. The van der Waals surface area contributed by atoms with Gasteiger partial charge in [0.2, 0.25) is 11.7 Å². The van der Waals surface area contributed by atoms with Crippen LogP contribution in [0.3, 0.4) is 0 Å². The van der Waals surface area contributed by atoms with Crippen molar-refractivity contribution in [2.24, 2.45) is 0 Å². The monoisotopic (exact) mass is 473 g/mol. The van der Waals surface area contributed by atoms with E-state index < -0.39 is 0 Å². The van der Waals surface area contributed by atoms with Gasteiger partial charge in [-0.05, 0) is 35.9 Å². The number of rotatable bonds is 3. The molecule has 0 amide bonds. The number of hydrogen-bond acceptors (Lipinski definition) is 7. The van der Waals surface area contributed by atoms with Crippen LogP contribution in [0.5, 0.6) is 23.1 Å². The van der Waals surface area contributed by atoms with E-state index in [2.05, 4.69) is 10.1 Å². The van der Waals surface area contributed by atoms with Crippen molar-refractivity contribution in [1.82, 2.24) is 24.6 Å². The summed E-state index contributed by atoms with van der Waals surface area (Å²) in [7, 11) is 1.64. The molecule has 4 heterocycles. The van der Waals surface area contributed by atoms with Crippen LogP contribution in [0.1, 0.15) is 22.6 Å². The predicted molar refractivity (Wildman–Crippen MR) is 134 cm³/mol. The van der Waals surface area contributed by atoms with Gasteiger partial charge in [0.25, 0.3) is 0 Å². The Kier molecular flexibility index (Phi) is 4.41. The first-order valence-corrected chi connectivity index (χ1v) is 11.4. The van der Waals surface area contributed by atoms with E-state index in [9.17, 15) is 5.11 Å². The molecular formula is C28H19N5O3. The van der Waals surface area contributed by atoms with Gasteiger partial charge in [0.05, 0.1) is 18.2 Å². The number of fused-ring (bicyclic) bond motifs is 5. The minimum absolute atomic E-state index is 0.124. The summed E-state index contributed by atoms with van der Waals surface area (Å²) in [6, 6.07) is 24.9. The van der Waals surface area contributed by atoms with Crippen molar-refractivity contribution in [3.05, 3.63) is 102 Å². The number of phenolic OH excluding ortho intramolecular Hbond substituents is 1. The Morgan fingerprint density at radius 1 is 0.944 bits per heavy atom. The number of benzene rings is 3. The third kappa shape index (κ3) is 3.15. The minimum atomic E-state index is -0.243. The summed E-state index contributed by atoms with van der Waals surface area (Å²) >= 11 is 0. The zero-order chi connectivity index (χ0) is 24.2. The molecule has 0 radical (unpaired) electrons. The van der Waals surface area contributed by atoms with Crippen LogP contribution in [-0.4, -0.2) is 36.8 Å². The molecule has 0 bridgehead atoms. The van der Waals surface area contributed by atoms with Gasteiger partial charge in [-0.1, -0.05) is 42.5 Å². The summed E-state index contributed by atoms with van der Waals surface area (Å²) in [6.07, 6.45) is 1.59. The molecular weight excluding hydrogens is 454 g/mol. The molecule has 0 saturated carbocycles. The van der Waals surface area contributed by atoms with Gasteiger partial charge in [0.1, 0.15) is 29.3 Å². The van der Waals surface area contributed by atoms with Gasteiger partial charge < -0.3 is 14.6 Å². The molecule has 3 aromatic heterocycles. The van der Waals surface area contributed by atoms with E-state index >= 15 is 0 Å². The van der Waals surface area contributed by atoms with Gasteiger partial charge in [-0.2, -0.15) is 0 Å². The predicted octanol–water partition coefficient (Wildman–Crippen LogP) is 5.34. The number of nitrogens with zero attached hydrogens (tertiary/aromatic N) is 5. The Hall–Kier alpha value is -4.98. The van der Waals surface area contributed by atoms with E-state index in [1.54, 1.807) is 30.1 Å². The van der Waals surface area contributed by atoms with Gasteiger partial charge in [-0.15, -0.1) is 5.10 Å². The lowest BCUT2D eigenvalue weighted by Gasteiger charge is -2.28. The van der Waals surface area contributed by atoms with Crippen LogP contribution < -0.4 is 9.47 Å². The van der Waals surface area contributed by atoms with E-state index in [1.165, 1.54) is 0 Å². The topological polar surface area (TPSA) is 94.7 Å². The number of aromatic nitrogens is 5. The standard InChI is InChI=1S/C28H19N5O3/c1-35-19-10-6-17(7-11-19)24-20-12-9-18(34)14-23(20)36-28-25(24)27-31-26(32-33(27)15-29-28)22-13-8-16-4-2-3-5-21(16)30-22/h2-15,24,34H,1H3. The van der Waals surface area contributed by atoms with Crippen LogP contribution in [-0.2, 0) is 0 Å². The number of aromatic hydroxyl groups is 1. The molecule has 1 aliphatic heterocycles. The Morgan fingerprint density at radius 2 is 1.81 bits per heavy atom. The van der Waals surface area contributed by atoms with Crippen molar-refractivity contribution in [1.29, 1.82) is 0 Å². The lowest BCUT2D eigenvalue weighted by atomic mass is 9.84. The van der Waals surface area contributed by atoms with Gasteiger partial charge >= 0.3 is 0 Å². The summed E-state index contributed by atoms with van der Waals surface area (Å²) in [5.74, 6) is 2.12. The maximum Gasteiger partial charge on any atom is 0.228 e. The van der Waals surface area contributed by atoms with Gasteiger partial charge in [0.15, 0.2) is 5.65 Å². The van der Waals surface area contributed by atoms with E-state index in [0.717, 1.165) is 33.3 Å². The molecule has 0 saturated heterocycles. The molecule has 36 heavy (non-hydrogen) atoms. The van der Waals surface area contributed by atoms with Crippen molar-refractivity contribution >= 4 is 16.6 Å². The fourth-order valence-electron chi connectivity index (χ4n) is 4.74. The molecule has 3 aromatic carbocycles. The van der Waals surface area contributed by atoms with Crippen LogP contribution in [0, 0.1) is 0 Å². The summed E-state index contributed by atoms with van der Waals surface area (Å²) in [4.78, 5) is 14.2. The second-order valence-corrected chi connectivity index (χ2v) is 8.59. The molecule has 1 N–H and O–H groups in total. The van der Waals surface area contributed by atoms with E-state index in [-0.39, 0.29) is 11.7 Å². The summed E-state index contributed by atoms with van der Waals surface area (Å²) in [6.45, 7) is 0. The third-order valence-corrected chi connectivity index (χ3v) is 6.47. The van der Waals surface area contributed by atoms with Gasteiger partial charge in [-0.25, -0.2) is 19.5 Å². The number of para-hydroxylation sites is 1. The average Bonchev–Trinajstić information content (AvgIpc) is 3.36. The number of methoxy groups -OCH3 is 1. The van der Waals surface area contributed by atoms with Gasteiger partial charge in [-0.3, -0.25) is 0 Å². The van der Waals surface area contributed by atoms with E-state index in [0.29, 0.717) is 28.8 Å². The number of phenols is 1. The maximum absolute atomic E-state index is 10.1. The average molecular weight is 473 g/mol. The highest BCUT2D eigenvalue weighted by Crippen LogP contribution is 2.48. The molecule has 8 heteroatoms. The molecule has 0 spiro atoms. The van der Waals surface area contributed by atoms with Crippen LogP contribution in [0.25, 0.3) is 28.1 Å². The Labute approximate surface area is 205 Å². The maximum atomic E-state index is 10.1. The molecule has 174 valence electrons. The largest absolute Gasteiger partial charge is 0.508 e. The smallest absolute Gasteiger partial charge is 0.228 e. The lowest BCUT2D eigenvalue weighted by molar-refractivity contribution is 0.414. The van der Waals surface area contributed by atoms with E-state index in [4.69, 9.17) is 19.4 Å². The summed E-state index contributed by atoms with van der Waals surface area (Å²) < 4.78 is 13.2. The molecule has 0 aliphatic carbocycles. The van der Waals surface area contributed by atoms with Crippen molar-refractivity contribution in [3.8, 4) is 34.6 Å². The number of hydrogen-bond donors (Lipinski definition) is 1. The number of pyridine rings is 1. The van der Waals surface area contributed by atoms with E-state index in [1.807, 2.05) is 66.7 Å². The Balaban J connectivity index is 1.44. The van der Waals surface area contributed by atoms with Crippen molar-refractivity contribution in [2.75, 3.05) is 7.11 Å². The zero-order valence-electron chi connectivity index (χ0n) is 19.2. The highest BCUT2D eigenvalue weighted by Gasteiger charge is 2.33. The molecule has 0 fully saturated rings. The van der Waals surface area contributed by atoms with Gasteiger partial charge in [0, 0.05) is 22.9 Å². The fourth-order valence-corrected chi connectivity index (χ4v) is 4.74. The second kappa shape index (κ2) is 7.78. The first-order chi connectivity index (χ1) is 17.7. The molecule has 7 rings (SSSR count). The molecule has 1 aliphatic rings. The zero-order valence-corrected chi connectivity index (χ0v) is 19.2. The minimum Gasteiger partial charge on any atom is -0.508 e. The molecule has 1 unspecified atom stereocenters. The normalized spacial score (nSPS) is 14.3.